The van der Waals surface area contributed by atoms with Crippen molar-refractivity contribution in [2.24, 2.45) is 0 Å². The molecule has 0 unspecified atom stereocenters. The summed E-state index contributed by atoms with van der Waals surface area (Å²) in [7, 11) is 5.12. The van der Waals surface area contributed by atoms with E-state index in [0.29, 0.717) is 11.9 Å². The van der Waals surface area contributed by atoms with E-state index in [1.54, 1.807) is 0 Å². The fraction of sp³-hybridized carbons (Fsp3) is 0.500. The molecule has 0 aliphatic heterocycles. The van der Waals surface area contributed by atoms with Gasteiger partial charge in [-0.05, 0) is 13.8 Å². The van der Waals surface area contributed by atoms with Crippen LogP contribution in [0.5, 0.6) is 0 Å². The fourth-order valence-electron chi connectivity index (χ4n) is 0.694. The van der Waals surface area contributed by atoms with Crippen molar-refractivity contribution in [3.63, 3.8) is 0 Å². The number of hydrogen-bond acceptors (Lipinski definition) is 5. The summed E-state index contributed by atoms with van der Waals surface area (Å²) in [5.41, 5.74) is 0. The van der Waals surface area contributed by atoms with E-state index in [4.69, 9.17) is 7.98 Å². The van der Waals surface area contributed by atoms with E-state index >= 15 is 0 Å². The van der Waals surface area contributed by atoms with Crippen LogP contribution in [0.1, 0.15) is 13.8 Å². The van der Waals surface area contributed by atoms with Crippen molar-refractivity contribution in [3.8, 4) is 0 Å². The lowest BCUT2D eigenvalue weighted by atomic mass is 10.4. The van der Waals surface area contributed by atoms with Crippen molar-refractivity contribution in [3.05, 3.63) is 6.33 Å². The Morgan fingerprint density at radius 2 is 2.00 bits per heavy atom. The average molecular weight is 163 g/mol. The molecule has 0 saturated heterocycles. The Morgan fingerprint density at radius 1 is 1.33 bits per heavy atom. The molecule has 0 aliphatic carbocycles. The third-order valence-electron chi connectivity index (χ3n) is 1.12. The minimum absolute atomic E-state index is 0.290. The molecule has 1 aromatic heterocycles. The summed E-state index contributed by atoms with van der Waals surface area (Å²) in [5, 5.41) is 5.36. The van der Waals surface area contributed by atoms with Gasteiger partial charge in [0.2, 0.25) is 19.9 Å². The number of aromatic nitrogens is 3. The maximum atomic E-state index is 5.12. The molecule has 2 radical (unpaired) electrons. The van der Waals surface area contributed by atoms with Crippen molar-refractivity contribution < 1.29 is 0 Å². The molecule has 2 N–H and O–H groups in total. The largest absolute Gasteiger partial charge is 0.407 e. The van der Waals surface area contributed by atoms with E-state index in [1.165, 1.54) is 6.33 Å². The molecule has 0 bridgehead atoms. The van der Waals surface area contributed by atoms with Crippen LogP contribution in [0.25, 0.3) is 0 Å². The smallest absolute Gasteiger partial charge is 0.227 e. The van der Waals surface area contributed by atoms with Crippen molar-refractivity contribution in [2.45, 2.75) is 19.9 Å². The first-order chi connectivity index (χ1) is 5.72. The summed E-state index contributed by atoms with van der Waals surface area (Å²) in [6.07, 6.45) is 1.40. The zero-order valence-electron chi connectivity index (χ0n) is 7.07. The minimum atomic E-state index is 0.290. The van der Waals surface area contributed by atoms with Gasteiger partial charge >= 0.3 is 0 Å². The summed E-state index contributed by atoms with van der Waals surface area (Å²) >= 11 is 0. The zero-order chi connectivity index (χ0) is 8.97. The van der Waals surface area contributed by atoms with Crippen molar-refractivity contribution in [1.82, 2.24) is 15.0 Å². The van der Waals surface area contributed by atoms with Gasteiger partial charge < -0.3 is 10.5 Å². The van der Waals surface area contributed by atoms with Crippen LogP contribution in [-0.2, 0) is 0 Å². The Labute approximate surface area is 72.5 Å². The highest BCUT2D eigenvalue weighted by atomic mass is 15.2. The number of nitrogens with one attached hydrogen (secondary N) is 2. The van der Waals surface area contributed by atoms with E-state index in [0.717, 1.165) is 0 Å². The van der Waals surface area contributed by atoms with E-state index in [2.05, 4.69) is 25.5 Å². The molecular formula is C6H10BN5. The SMILES string of the molecule is [B]Nc1ncnc(NC(C)C)n1. The predicted octanol–water partition coefficient (Wildman–Crippen LogP) is 0.187. The highest BCUT2D eigenvalue weighted by Crippen LogP contribution is 2.01. The first-order valence-electron chi connectivity index (χ1n) is 3.64. The minimum Gasteiger partial charge on any atom is -0.407 e. The lowest BCUT2D eigenvalue weighted by Gasteiger charge is -2.07. The second-order valence-corrected chi connectivity index (χ2v) is 2.58. The molecule has 0 aromatic carbocycles. The third-order valence-corrected chi connectivity index (χ3v) is 1.12. The summed E-state index contributed by atoms with van der Waals surface area (Å²) in [4.78, 5) is 11.6. The molecule has 12 heavy (non-hydrogen) atoms. The first-order valence-corrected chi connectivity index (χ1v) is 3.64. The molecule has 0 atom stereocenters. The maximum absolute atomic E-state index is 5.12. The summed E-state index contributed by atoms with van der Waals surface area (Å²) in [6, 6.07) is 0.290. The molecule has 62 valence electrons. The van der Waals surface area contributed by atoms with Crippen LogP contribution in [0, 0.1) is 0 Å². The Kier molecular flexibility index (Phi) is 2.84. The Bertz CT molecular complexity index is 251. The van der Waals surface area contributed by atoms with E-state index in [1.807, 2.05) is 13.8 Å². The quantitative estimate of drug-likeness (QED) is 0.622. The monoisotopic (exact) mass is 163 g/mol. The van der Waals surface area contributed by atoms with Crippen LogP contribution in [0.2, 0.25) is 0 Å². The molecule has 0 aliphatic rings. The maximum Gasteiger partial charge on any atom is 0.227 e. The number of anilines is 2. The van der Waals surface area contributed by atoms with E-state index in [-0.39, 0.29) is 6.04 Å². The molecule has 1 aromatic rings. The number of hydrogen-bond donors (Lipinski definition) is 2. The molecule has 1 heterocycles. The highest BCUT2D eigenvalue weighted by molar-refractivity contribution is 6.15. The zero-order valence-corrected chi connectivity index (χ0v) is 7.07. The summed E-state index contributed by atoms with van der Waals surface area (Å²) < 4.78 is 0. The van der Waals surface area contributed by atoms with Crippen LogP contribution in [0.3, 0.4) is 0 Å². The Morgan fingerprint density at radius 3 is 2.58 bits per heavy atom. The van der Waals surface area contributed by atoms with Crippen LogP contribution in [-0.4, -0.2) is 29.0 Å². The third kappa shape index (κ3) is 2.37. The second kappa shape index (κ2) is 3.89. The van der Waals surface area contributed by atoms with Gasteiger partial charge in [-0.15, -0.1) is 0 Å². The van der Waals surface area contributed by atoms with Gasteiger partial charge in [0.1, 0.15) is 6.33 Å². The number of nitrogens with zero attached hydrogens (tertiary/aromatic N) is 3. The van der Waals surface area contributed by atoms with Crippen molar-refractivity contribution in [1.29, 1.82) is 0 Å². The predicted molar refractivity (Wildman–Crippen MR) is 48.0 cm³/mol. The first kappa shape index (κ1) is 8.77. The van der Waals surface area contributed by atoms with Crippen LogP contribution >= 0.6 is 0 Å². The van der Waals surface area contributed by atoms with E-state index < -0.39 is 0 Å². The van der Waals surface area contributed by atoms with Crippen molar-refractivity contribution >= 4 is 19.9 Å². The molecule has 0 saturated carbocycles. The molecule has 0 spiro atoms. The van der Waals surface area contributed by atoms with E-state index in [9.17, 15) is 0 Å². The molecule has 1 rings (SSSR count). The Hall–Kier alpha value is -1.33. The molecular weight excluding hydrogens is 153 g/mol. The van der Waals surface area contributed by atoms with Gasteiger partial charge in [-0.25, -0.2) is 9.97 Å². The van der Waals surface area contributed by atoms with Gasteiger partial charge in [0.25, 0.3) is 0 Å². The van der Waals surface area contributed by atoms with Gasteiger partial charge in [-0.2, -0.15) is 4.98 Å². The molecule has 0 fully saturated rings. The lowest BCUT2D eigenvalue weighted by Crippen LogP contribution is -2.13. The van der Waals surface area contributed by atoms with Crippen LogP contribution in [0.15, 0.2) is 6.33 Å². The molecule has 6 heteroatoms. The summed E-state index contributed by atoms with van der Waals surface area (Å²) in [6.45, 7) is 4.00. The van der Waals surface area contributed by atoms with Gasteiger partial charge in [0, 0.05) is 6.04 Å². The normalized spacial score (nSPS) is 9.92. The molecule has 0 amide bonds. The van der Waals surface area contributed by atoms with Gasteiger partial charge in [0.15, 0.2) is 0 Å². The topological polar surface area (TPSA) is 62.7 Å². The van der Waals surface area contributed by atoms with Crippen LogP contribution in [0.4, 0.5) is 11.9 Å². The Balaban J connectivity index is 2.72. The fourth-order valence-corrected chi connectivity index (χ4v) is 0.694. The standard InChI is InChI=1S/C6H10BN5/c1-4(2)10-5-8-3-9-6(11-5)12-7/h3-4H,1-2H3,(H2,8,9,10,11,12). The summed E-state index contributed by atoms with van der Waals surface area (Å²) in [5.74, 6) is 0.876. The molecule has 5 nitrogen and oxygen atoms in total. The van der Waals surface area contributed by atoms with Gasteiger partial charge in [-0.3, -0.25) is 0 Å². The lowest BCUT2D eigenvalue weighted by molar-refractivity contribution is 0.868. The highest BCUT2D eigenvalue weighted by Gasteiger charge is 1.98. The van der Waals surface area contributed by atoms with Gasteiger partial charge in [-0.1, -0.05) is 0 Å². The number of rotatable bonds is 3. The average Bonchev–Trinajstić information content (AvgIpc) is 2.03. The van der Waals surface area contributed by atoms with Gasteiger partial charge in [0.05, 0.1) is 0 Å². The second-order valence-electron chi connectivity index (χ2n) is 2.58. The van der Waals surface area contributed by atoms with Crippen LogP contribution < -0.4 is 10.5 Å². The van der Waals surface area contributed by atoms with Crippen molar-refractivity contribution in [2.75, 3.05) is 10.5 Å².